The zero-order valence-electron chi connectivity index (χ0n) is 11.0. The SMILES string of the molecule is O=C(O)C1=C(C(=O)O)C(=O)c2cc3c(cc2=C1)C(=O)C=CC=3. The minimum absolute atomic E-state index is 0.0699. The van der Waals surface area contributed by atoms with E-state index in [1.54, 1.807) is 6.08 Å². The Hall–Kier alpha value is -3.28. The van der Waals surface area contributed by atoms with Gasteiger partial charge in [-0.25, -0.2) is 9.59 Å². The van der Waals surface area contributed by atoms with Crippen LogP contribution >= 0.6 is 0 Å². The summed E-state index contributed by atoms with van der Waals surface area (Å²) in [7, 11) is 0. The summed E-state index contributed by atoms with van der Waals surface area (Å²) in [5, 5.41) is 18.9. The largest absolute Gasteiger partial charge is 0.478 e. The fourth-order valence-electron chi connectivity index (χ4n) is 2.50. The summed E-state index contributed by atoms with van der Waals surface area (Å²) >= 11 is 0. The molecule has 108 valence electrons. The van der Waals surface area contributed by atoms with Crippen LogP contribution in [0.5, 0.6) is 0 Å². The molecule has 0 fully saturated rings. The van der Waals surface area contributed by atoms with Crippen LogP contribution in [0.1, 0.15) is 20.7 Å². The first kappa shape index (κ1) is 13.7. The third-order valence-electron chi connectivity index (χ3n) is 3.50. The minimum atomic E-state index is -1.60. The molecule has 2 aliphatic carbocycles. The zero-order valence-corrected chi connectivity index (χ0v) is 11.0. The maximum Gasteiger partial charge on any atom is 0.340 e. The summed E-state index contributed by atoms with van der Waals surface area (Å²) in [6.07, 6.45) is 5.62. The number of benzene rings is 1. The van der Waals surface area contributed by atoms with Crippen molar-refractivity contribution in [3.05, 3.63) is 57.0 Å². The van der Waals surface area contributed by atoms with Gasteiger partial charge in [-0.3, -0.25) is 9.59 Å². The number of ketones is 2. The molecule has 22 heavy (non-hydrogen) atoms. The van der Waals surface area contributed by atoms with Gasteiger partial charge < -0.3 is 10.2 Å². The standard InChI is InChI=1S/C16H8O6/c17-12-3-1-2-7-4-10-8(5-9(7)12)6-11(15(19)20)13(14(10)18)16(21)22/h1-6H,(H,19,20)(H,21,22). The van der Waals surface area contributed by atoms with Gasteiger partial charge in [0.05, 0.1) is 5.57 Å². The molecule has 0 amide bonds. The van der Waals surface area contributed by atoms with Crippen molar-refractivity contribution in [2.45, 2.75) is 0 Å². The van der Waals surface area contributed by atoms with E-state index < -0.39 is 28.9 Å². The highest BCUT2D eigenvalue weighted by Gasteiger charge is 2.30. The maximum absolute atomic E-state index is 12.3. The molecule has 6 heteroatoms. The van der Waals surface area contributed by atoms with Crippen LogP contribution in [0.4, 0.5) is 0 Å². The Labute approximate surface area is 123 Å². The molecule has 0 heterocycles. The Morgan fingerprint density at radius 1 is 0.909 bits per heavy atom. The number of carbonyl (C=O) groups is 4. The van der Waals surface area contributed by atoms with Crippen molar-refractivity contribution in [3.63, 3.8) is 0 Å². The van der Waals surface area contributed by atoms with Gasteiger partial charge in [0.1, 0.15) is 5.57 Å². The number of Topliss-reactive ketones (excluding diaryl/α,β-unsaturated/α-hetero) is 1. The van der Waals surface area contributed by atoms with Gasteiger partial charge in [-0.05, 0) is 34.7 Å². The van der Waals surface area contributed by atoms with Gasteiger partial charge in [-0.2, -0.15) is 0 Å². The van der Waals surface area contributed by atoms with Gasteiger partial charge in [-0.1, -0.05) is 12.2 Å². The summed E-state index contributed by atoms with van der Waals surface area (Å²) in [5.74, 6) is -4.24. The average Bonchev–Trinajstić information content (AvgIpc) is 2.45. The lowest BCUT2D eigenvalue weighted by molar-refractivity contribution is -0.135. The van der Waals surface area contributed by atoms with E-state index in [-0.39, 0.29) is 16.6 Å². The molecule has 0 unspecified atom stereocenters. The molecule has 0 aromatic heterocycles. The highest BCUT2D eigenvalue weighted by Crippen LogP contribution is 2.17. The topological polar surface area (TPSA) is 109 Å². The Bertz CT molecular complexity index is 959. The predicted molar refractivity (Wildman–Crippen MR) is 74.7 cm³/mol. The second-order valence-corrected chi connectivity index (χ2v) is 4.79. The summed E-state index contributed by atoms with van der Waals surface area (Å²) in [5.41, 5.74) is -0.959. The van der Waals surface area contributed by atoms with Crippen molar-refractivity contribution in [2.75, 3.05) is 0 Å². The smallest absolute Gasteiger partial charge is 0.340 e. The van der Waals surface area contributed by atoms with Crippen LogP contribution in [0.3, 0.4) is 0 Å². The van der Waals surface area contributed by atoms with Crippen LogP contribution in [-0.2, 0) is 9.59 Å². The van der Waals surface area contributed by atoms with E-state index >= 15 is 0 Å². The molecule has 0 radical (unpaired) electrons. The summed E-state index contributed by atoms with van der Waals surface area (Å²) < 4.78 is 0. The third-order valence-corrected chi connectivity index (χ3v) is 3.50. The van der Waals surface area contributed by atoms with Crippen LogP contribution in [0.25, 0.3) is 12.2 Å². The monoisotopic (exact) mass is 296 g/mol. The van der Waals surface area contributed by atoms with Crippen LogP contribution in [0.2, 0.25) is 0 Å². The number of rotatable bonds is 2. The van der Waals surface area contributed by atoms with Gasteiger partial charge >= 0.3 is 11.9 Å². The zero-order chi connectivity index (χ0) is 16.0. The van der Waals surface area contributed by atoms with Crippen molar-refractivity contribution in [3.8, 4) is 0 Å². The molecule has 0 saturated carbocycles. The quantitative estimate of drug-likeness (QED) is 0.723. The van der Waals surface area contributed by atoms with Gasteiger partial charge in [0, 0.05) is 11.1 Å². The number of carbonyl (C=O) groups excluding carboxylic acids is 2. The van der Waals surface area contributed by atoms with Crippen molar-refractivity contribution < 1.29 is 29.4 Å². The second-order valence-electron chi connectivity index (χ2n) is 4.79. The first-order valence-corrected chi connectivity index (χ1v) is 6.24. The Kier molecular flexibility index (Phi) is 2.88. The fraction of sp³-hybridized carbons (Fsp3) is 0. The number of carboxylic acid groups (broad SMARTS) is 2. The summed E-state index contributed by atoms with van der Waals surface area (Å²) in [6.45, 7) is 0. The van der Waals surface area contributed by atoms with Crippen LogP contribution in [0.15, 0.2) is 35.4 Å². The lowest BCUT2D eigenvalue weighted by Crippen LogP contribution is -2.32. The average molecular weight is 296 g/mol. The molecule has 0 saturated heterocycles. The van der Waals surface area contributed by atoms with Crippen LogP contribution in [-0.4, -0.2) is 33.7 Å². The van der Waals surface area contributed by atoms with Crippen LogP contribution < -0.4 is 10.4 Å². The van der Waals surface area contributed by atoms with E-state index in [1.807, 2.05) is 0 Å². The molecule has 1 aromatic carbocycles. The highest BCUT2D eigenvalue weighted by atomic mass is 16.4. The predicted octanol–water partition coefficient (Wildman–Crippen LogP) is -0.338. The molecule has 2 aliphatic rings. The molecule has 0 atom stereocenters. The number of aliphatic carboxylic acids is 2. The summed E-state index contributed by atoms with van der Waals surface area (Å²) in [6, 6.07) is 2.82. The van der Waals surface area contributed by atoms with E-state index in [4.69, 9.17) is 10.2 Å². The second kappa shape index (κ2) is 4.63. The van der Waals surface area contributed by atoms with E-state index in [1.165, 1.54) is 24.3 Å². The van der Waals surface area contributed by atoms with Crippen LogP contribution in [0, 0.1) is 0 Å². The molecule has 1 aromatic rings. The number of fused-ring (bicyclic) bond motifs is 2. The minimum Gasteiger partial charge on any atom is -0.478 e. The summed E-state index contributed by atoms with van der Waals surface area (Å²) in [4.78, 5) is 46.5. The highest BCUT2D eigenvalue weighted by molar-refractivity contribution is 6.30. The van der Waals surface area contributed by atoms with Gasteiger partial charge in [0.2, 0.25) is 5.78 Å². The molecule has 0 bridgehead atoms. The maximum atomic E-state index is 12.3. The number of carboxylic acids is 2. The Morgan fingerprint density at radius 3 is 2.23 bits per heavy atom. The van der Waals surface area contributed by atoms with E-state index in [0.29, 0.717) is 10.8 Å². The number of hydrogen-bond acceptors (Lipinski definition) is 4. The third kappa shape index (κ3) is 1.89. The number of allylic oxidation sites excluding steroid dienone is 2. The molecule has 2 N–H and O–H groups in total. The Morgan fingerprint density at radius 2 is 1.59 bits per heavy atom. The van der Waals surface area contributed by atoms with Gasteiger partial charge in [0.15, 0.2) is 5.78 Å². The molecule has 6 nitrogen and oxygen atoms in total. The van der Waals surface area contributed by atoms with Crippen molar-refractivity contribution in [1.82, 2.24) is 0 Å². The van der Waals surface area contributed by atoms with Crippen molar-refractivity contribution in [2.24, 2.45) is 0 Å². The van der Waals surface area contributed by atoms with Gasteiger partial charge in [-0.15, -0.1) is 0 Å². The first-order valence-electron chi connectivity index (χ1n) is 6.24. The number of hydrogen-bond donors (Lipinski definition) is 2. The van der Waals surface area contributed by atoms with E-state index in [0.717, 1.165) is 6.08 Å². The fourth-order valence-corrected chi connectivity index (χ4v) is 2.50. The lowest BCUT2D eigenvalue weighted by atomic mass is 9.88. The molecular formula is C16H8O6. The van der Waals surface area contributed by atoms with Gasteiger partial charge in [0.25, 0.3) is 0 Å². The normalized spacial score (nSPS) is 15.6. The molecule has 0 spiro atoms. The lowest BCUT2D eigenvalue weighted by Gasteiger charge is -2.13. The van der Waals surface area contributed by atoms with E-state index in [9.17, 15) is 19.2 Å². The van der Waals surface area contributed by atoms with Crippen molar-refractivity contribution in [1.29, 1.82) is 0 Å². The molecular weight excluding hydrogens is 288 g/mol. The van der Waals surface area contributed by atoms with E-state index in [2.05, 4.69) is 0 Å². The Balaban J connectivity index is 2.39. The first-order chi connectivity index (χ1) is 10.4. The van der Waals surface area contributed by atoms with Crippen molar-refractivity contribution >= 4 is 35.7 Å². The molecule has 3 rings (SSSR count). The molecule has 0 aliphatic heterocycles.